The molecule has 1 aliphatic carbocycles. The molecule has 0 fully saturated rings. The lowest BCUT2D eigenvalue weighted by Crippen LogP contribution is -2.26. The maximum Gasteiger partial charge on any atom is 0.150 e. The third-order valence-corrected chi connectivity index (χ3v) is 9.11. The van der Waals surface area contributed by atoms with Gasteiger partial charge in [0, 0.05) is 30.4 Å². The average molecular weight is 679 g/mol. The summed E-state index contributed by atoms with van der Waals surface area (Å²) in [6.07, 6.45) is 6.96. The third-order valence-electron chi connectivity index (χ3n) is 6.42. The summed E-state index contributed by atoms with van der Waals surface area (Å²) in [5.74, 6) is 5.84. The molecule has 0 N–H and O–H groups in total. The maximum atomic E-state index is 10.6. The molecule has 0 aliphatic heterocycles. The molecule has 0 saturated heterocycles. The van der Waals surface area contributed by atoms with Crippen molar-refractivity contribution in [2.75, 3.05) is 0 Å². The number of benzene rings is 2. The fourth-order valence-electron chi connectivity index (χ4n) is 4.40. The molecule has 3 nitrogen and oxygen atoms in total. The Morgan fingerprint density at radius 3 is 1.82 bits per heavy atom. The fraction of sp³-hybridized carbons (Fsp3) is 0.273. The molecule has 49 heavy (non-hydrogen) atoms. The van der Waals surface area contributed by atoms with E-state index in [9.17, 15) is 9.59 Å². The fourth-order valence-corrected chi connectivity index (χ4v) is 6.81. The van der Waals surface area contributed by atoms with Crippen LogP contribution < -0.4 is 5.19 Å². The Morgan fingerprint density at radius 1 is 0.837 bits per heavy atom. The van der Waals surface area contributed by atoms with Crippen LogP contribution in [0.1, 0.15) is 54.3 Å². The predicted molar refractivity (Wildman–Crippen MR) is 209 cm³/mol. The van der Waals surface area contributed by atoms with E-state index in [-0.39, 0.29) is 5.78 Å². The van der Waals surface area contributed by atoms with Crippen LogP contribution in [0.3, 0.4) is 0 Å². The van der Waals surface area contributed by atoms with Gasteiger partial charge in [0.25, 0.3) is 0 Å². The van der Waals surface area contributed by atoms with Crippen LogP contribution in [0.2, 0.25) is 32.7 Å². The van der Waals surface area contributed by atoms with Crippen LogP contribution >= 0.6 is 0 Å². The first-order chi connectivity index (χ1) is 23.5. The van der Waals surface area contributed by atoms with Crippen LogP contribution in [0.15, 0.2) is 136 Å². The predicted octanol–water partition coefficient (Wildman–Crippen LogP) is 9.61. The molecule has 0 unspecified atom stereocenters. The Bertz CT molecular complexity index is 1900. The molecule has 3 aromatic rings. The molecule has 0 radical (unpaired) electrons. The van der Waals surface area contributed by atoms with Crippen LogP contribution in [0.4, 0.5) is 0 Å². The number of furan rings is 1. The van der Waals surface area contributed by atoms with Gasteiger partial charge in [-0.3, -0.25) is 4.79 Å². The smallest absolute Gasteiger partial charge is 0.150 e. The second-order valence-electron chi connectivity index (χ2n) is 12.1. The van der Waals surface area contributed by atoms with Gasteiger partial charge >= 0.3 is 0 Å². The van der Waals surface area contributed by atoms with Crippen molar-refractivity contribution in [2.24, 2.45) is 0 Å². The normalized spacial score (nSPS) is 9.78. The van der Waals surface area contributed by atoms with Crippen molar-refractivity contribution in [3.8, 4) is 22.8 Å². The second kappa shape index (κ2) is 24.7. The van der Waals surface area contributed by atoms with E-state index in [1.807, 2.05) is 18.2 Å². The maximum absolute atomic E-state index is 10.6. The molecular weight excluding hydrogens is 633 g/mol. The van der Waals surface area contributed by atoms with Gasteiger partial charge in [0.05, 0.1) is 8.80 Å². The van der Waals surface area contributed by atoms with Crippen molar-refractivity contribution < 1.29 is 14.0 Å². The zero-order valence-corrected chi connectivity index (χ0v) is 32.0. The highest BCUT2D eigenvalue weighted by Gasteiger charge is 2.26. The van der Waals surface area contributed by atoms with Crippen molar-refractivity contribution in [1.29, 1.82) is 0 Å². The number of carbonyl (C=O) groups excluding carboxylic acids is 2. The molecular formula is C44H46O3Si2. The van der Waals surface area contributed by atoms with Crippen LogP contribution in [-0.4, -0.2) is 28.9 Å². The molecule has 0 amide bonds. The largest absolute Gasteiger partial charge is 0.461 e. The van der Waals surface area contributed by atoms with Gasteiger partial charge < -0.3 is 9.21 Å². The molecule has 5 heteroatoms. The topological polar surface area (TPSA) is 47.3 Å². The molecule has 0 atom stereocenters. The summed E-state index contributed by atoms with van der Waals surface area (Å²) in [5.41, 5.74) is 31.2. The molecule has 1 heterocycles. The number of aldehydes is 1. The molecule has 248 valence electrons. The van der Waals surface area contributed by atoms with Crippen LogP contribution in [0.25, 0.3) is 11.3 Å². The Hall–Kier alpha value is -5.41. The van der Waals surface area contributed by atoms with Crippen molar-refractivity contribution in [1.82, 2.24) is 0 Å². The highest BCUT2D eigenvalue weighted by Crippen LogP contribution is 2.30. The van der Waals surface area contributed by atoms with Gasteiger partial charge in [-0.2, -0.15) is 0 Å². The average Bonchev–Trinajstić information content (AvgIpc) is 3.69. The van der Waals surface area contributed by atoms with E-state index in [0.717, 1.165) is 36.9 Å². The number of hydrogen-bond acceptors (Lipinski definition) is 3. The van der Waals surface area contributed by atoms with E-state index in [0.29, 0.717) is 6.42 Å². The van der Waals surface area contributed by atoms with Gasteiger partial charge in [0.2, 0.25) is 0 Å². The third kappa shape index (κ3) is 19.1. The van der Waals surface area contributed by atoms with Crippen LogP contribution in [-0.2, 0) is 17.6 Å². The van der Waals surface area contributed by atoms with E-state index in [2.05, 4.69) is 145 Å². The van der Waals surface area contributed by atoms with Crippen molar-refractivity contribution in [3.63, 3.8) is 0 Å². The zero-order valence-electron chi connectivity index (χ0n) is 29.8. The second-order valence-corrected chi connectivity index (χ2v) is 19.7. The number of unbranched alkanes of at least 4 members (excludes halogenated alkanes) is 1. The summed E-state index contributed by atoms with van der Waals surface area (Å²) < 4.78 is 6.14. The number of ketones is 1. The highest BCUT2D eigenvalue weighted by atomic mass is 28.3. The molecule has 1 aromatic heterocycles. The lowest BCUT2D eigenvalue weighted by atomic mass is 10.1. The van der Waals surface area contributed by atoms with Crippen LogP contribution in [0, 0.1) is 11.5 Å². The zero-order chi connectivity index (χ0) is 36.3. The van der Waals surface area contributed by atoms with E-state index < -0.39 is 16.9 Å². The quantitative estimate of drug-likeness (QED) is 0.0858. The van der Waals surface area contributed by atoms with E-state index in [1.54, 1.807) is 29.8 Å². The number of Topliss-reactive ketones (excluding diaryl/α,β-unsaturated/α-hetero) is 1. The summed E-state index contributed by atoms with van der Waals surface area (Å²) >= 11 is 0. The number of rotatable bonds is 6. The summed E-state index contributed by atoms with van der Waals surface area (Å²) in [5, 5.41) is 1.57. The van der Waals surface area contributed by atoms with Gasteiger partial charge in [-0.05, 0) is 95.9 Å². The lowest BCUT2D eigenvalue weighted by Gasteiger charge is -2.07. The molecule has 1 aliphatic rings. The monoisotopic (exact) mass is 678 g/mol. The Labute approximate surface area is 296 Å². The van der Waals surface area contributed by atoms with Gasteiger partial charge in [0.15, 0.2) is 0 Å². The Kier molecular flexibility index (Phi) is 21.0. The Morgan fingerprint density at radius 2 is 1.37 bits per heavy atom. The minimum Gasteiger partial charge on any atom is -0.461 e. The van der Waals surface area contributed by atoms with Crippen molar-refractivity contribution in [2.45, 2.75) is 78.2 Å². The Balaban J connectivity index is 0.000000339. The minimum atomic E-state index is -1.18. The van der Waals surface area contributed by atoms with E-state index in [4.69, 9.17) is 4.42 Å². The summed E-state index contributed by atoms with van der Waals surface area (Å²) in [4.78, 5) is 20.6. The van der Waals surface area contributed by atoms with Gasteiger partial charge in [-0.1, -0.05) is 105 Å². The molecule has 0 bridgehead atoms. The molecule has 0 saturated carbocycles. The van der Waals surface area contributed by atoms with Crippen molar-refractivity contribution >= 4 is 34.1 Å². The molecule has 2 aromatic carbocycles. The molecule has 4 rings (SSSR count). The first kappa shape index (κ1) is 41.6. The number of hydrogen-bond donors (Lipinski definition) is 0. The van der Waals surface area contributed by atoms with Gasteiger partial charge in [-0.15, -0.1) is 11.5 Å². The highest BCUT2D eigenvalue weighted by molar-refractivity contribution is 6.83. The van der Waals surface area contributed by atoms with Gasteiger partial charge in [0.1, 0.15) is 31.7 Å². The summed E-state index contributed by atoms with van der Waals surface area (Å²) in [7, 11) is -2.01. The standard InChI is InChI=1S/C15H18OSi.C12H4.C10H18OSi.C7H6O/c1-17(2)15-12-9-6-10-13(12)16-14(15)11-7-4-3-5-8-11;1-3-5-7-9-11-12-10-8-6-4-2;1-10(11)8-6-5-7-9-12(2,3)4;8-6-7-4-2-1-3-5-7/h3-5,7-8,17H,6,9-10H2,1-2H3;1-2H2;5-6,8H2,1-4H3;1-6H. The van der Waals surface area contributed by atoms with E-state index in [1.165, 1.54) is 24.2 Å². The minimum absolute atomic E-state index is 0.268. The summed E-state index contributed by atoms with van der Waals surface area (Å²) in [6.45, 7) is 19.7. The number of fused-ring (bicyclic) bond motifs is 1. The molecule has 0 spiro atoms. The lowest BCUT2D eigenvalue weighted by molar-refractivity contribution is -0.117. The van der Waals surface area contributed by atoms with Gasteiger partial charge in [-0.25, -0.2) is 0 Å². The summed E-state index contributed by atoms with van der Waals surface area (Å²) in [6, 6.07) is 19.7. The first-order valence-corrected chi connectivity index (χ1v) is 22.7. The van der Waals surface area contributed by atoms with Crippen LogP contribution in [0.5, 0.6) is 0 Å². The van der Waals surface area contributed by atoms with Crippen molar-refractivity contribution in [3.05, 3.63) is 148 Å². The van der Waals surface area contributed by atoms with E-state index >= 15 is 0 Å². The SMILES string of the molecule is C=C=C=C=C=C=C=C=C=C=C=C.CC(=O)CCCC#C[Si](C)(C)C.C[SiH](C)c1c(-c2ccccc2)oc2c1CCC2.O=Cc1ccccc1. The number of carbonyl (C=O) groups is 2. The number of aryl methyl sites for hydroxylation is 1. The first-order valence-electron chi connectivity index (χ1n) is 16.3.